The molecular weight excluding hydrogens is 335 g/mol. The molecule has 8 heteroatoms. The third-order valence-corrected chi connectivity index (χ3v) is 4.92. The van der Waals surface area contributed by atoms with Gasteiger partial charge in [0.2, 0.25) is 0 Å². The van der Waals surface area contributed by atoms with Crippen LogP contribution in [0.3, 0.4) is 0 Å². The maximum Gasteiger partial charge on any atom is 0.435 e. The van der Waals surface area contributed by atoms with Gasteiger partial charge in [-0.2, -0.15) is 18.3 Å². The number of likely N-dealkylation sites (tertiary alicyclic amines) is 1. The van der Waals surface area contributed by atoms with Crippen molar-refractivity contribution in [3.05, 3.63) is 29.1 Å². The maximum absolute atomic E-state index is 13.1. The standard InChI is InChI=1S/C17H20F3N3O2/c1-10-5-16(7-15(2,3)13(10)24)8-23(9-16)14(25)11-6-22(4)21-12(11)17(18,19)20/h5-6H,7-9H2,1-4H3. The Morgan fingerprint density at radius 3 is 2.40 bits per heavy atom. The number of hydrogen-bond donors (Lipinski definition) is 0. The summed E-state index contributed by atoms with van der Waals surface area (Å²) in [6.45, 7) is 6.10. The summed E-state index contributed by atoms with van der Waals surface area (Å²) >= 11 is 0. The van der Waals surface area contributed by atoms with Crippen LogP contribution in [0.5, 0.6) is 0 Å². The van der Waals surface area contributed by atoms with Crippen LogP contribution < -0.4 is 0 Å². The van der Waals surface area contributed by atoms with E-state index in [0.717, 1.165) is 10.9 Å². The Morgan fingerprint density at radius 2 is 1.88 bits per heavy atom. The first kappa shape index (κ1) is 17.7. The van der Waals surface area contributed by atoms with Gasteiger partial charge in [-0.25, -0.2) is 0 Å². The second-order valence-electron chi connectivity index (χ2n) is 7.80. The Labute approximate surface area is 143 Å². The normalized spacial score (nSPS) is 22.0. The Morgan fingerprint density at radius 1 is 1.28 bits per heavy atom. The van der Waals surface area contributed by atoms with Crippen molar-refractivity contribution in [1.82, 2.24) is 14.7 Å². The van der Waals surface area contributed by atoms with Crippen molar-refractivity contribution in [2.24, 2.45) is 17.9 Å². The van der Waals surface area contributed by atoms with Gasteiger partial charge < -0.3 is 4.90 Å². The number of Topliss-reactive ketones (excluding diaryl/α,β-unsaturated/α-hetero) is 1. The molecule has 1 aliphatic carbocycles. The van der Waals surface area contributed by atoms with Crippen LogP contribution in [0.2, 0.25) is 0 Å². The number of carbonyl (C=O) groups is 2. The number of hydrogen-bond acceptors (Lipinski definition) is 3. The average Bonchev–Trinajstić information content (AvgIpc) is 2.83. The molecule has 1 saturated heterocycles. The minimum absolute atomic E-state index is 0.0783. The molecular formula is C17H20F3N3O2. The lowest BCUT2D eigenvalue weighted by molar-refractivity contribution is -0.142. The molecule has 1 aromatic heterocycles. The van der Waals surface area contributed by atoms with E-state index in [0.29, 0.717) is 25.1 Å². The van der Waals surface area contributed by atoms with E-state index in [9.17, 15) is 22.8 Å². The van der Waals surface area contributed by atoms with Gasteiger partial charge in [-0.3, -0.25) is 14.3 Å². The highest BCUT2D eigenvalue weighted by molar-refractivity contribution is 6.00. The number of nitrogens with zero attached hydrogens (tertiary/aromatic N) is 3. The fraction of sp³-hybridized carbons (Fsp3) is 0.588. The number of aryl methyl sites for hydroxylation is 1. The summed E-state index contributed by atoms with van der Waals surface area (Å²) in [5, 5.41) is 3.38. The summed E-state index contributed by atoms with van der Waals surface area (Å²) in [6.07, 6.45) is -1.12. The number of allylic oxidation sites excluding steroid dienone is 1. The Kier molecular flexibility index (Phi) is 3.67. The van der Waals surface area contributed by atoms with Crippen LogP contribution in [0.4, 0.5) is 13.2 Å². The second kappa shape index (κ2) is 5.19. The Hall–Kier alpha value is -2.12. The first-order chi connectivity index (χ1) is 11.3. The molecule has 1 spiro atoms. The van der Waals surface area contributed by atoms with Gasteiger partial charge in [0.05, 0.1) is 5.56 Å². The van der Waals surface area contributed by atoms with Crippen molar-refractivity contribution in [2.45, 2.75) is 33.4 Å². The van der Waals surface area contributed by atoms with E-state index in [2.05, 4.69) is 5.10 Å². The smallest absolute Gasteiger partial charge is 0.337 e. The van der Waals surface area contributed by atoms with Gasteiger partial charge in [-0.1, -0.05) is 19.9 Å². The van der Waals surface area contributed by atoms with Crippen LogP contribution in [0, 0.1) is 10.8 Å². The van der Waals surface area contributed by atoms with Crippen LogP contribution in [0.25, 0.3) is 0 Å². The zero-order valence-electron chi connectivity index (χ0n) is 14.6. The van der Waals surface area contributed by atoms with Crippen LogP contribution in [-0.4, -0.2) is 39.5 Å². The molecule has 1 amide bonds. The predicted molar refractivity (Wildman–Crippen MR) is 83.7 cm³/mol. The number of halogens is 3. The summed E-state index contributed by atoms with van der Waals surface area (Å²) in [5.74, 6) is -0.596. The first-order valence-electron chi connectivity index (χ1n) is 7.99. The van der Waals surface area contributed by atoms with Gasteiger partial charge >= 0.3 is 6.18 Å². The quantitative estimate of drug-likeness (QED) is 0.778. The summed E-state index contributed by atoms with van der Waals surface area (Å²) in [5.41, 5.74) is -1.80. The largest absolute Gasteiger partial charge is 0.435 e. The molecule has 0 bridgehead atoms. The van der Waals surface area contributed by atoms with Crippen molar-refractivity contribution in [3.8, 4) is 0 Å². The molecule has 0 saturated carbocycles. The summed E-state index contributed by atoms with van der Waals surface area (Å²) in [4.78, 5) is 26.1. The lowest BCUT2D eigenvalue weighted by atomic mass is 9.61. The van der Waals surface area contributed by atoms with Crippen LogP contribution in [0.1, 0.15) is 43.2 Å². The topological polar surface area (TPSA) is 55.2 Å². The van der Waals surface area contributed by atoms with E-state index < -0.39 is 28.8 Å². The molecule has 2 heterocycles. The molecule has 1 aliphatic heterocycles. The summed E-state index contributed by atoms with van der Waals surface area (Å²) in [6, 6.07) is 0. The fourth-order valence-corrected chi connectivity index (χ4v) is 4.16. The molecule has 136 valence electrons. The number of amides is 1. The third kappa shape index (κ3) is 2.87. The highest BCUT2D eigenvalue weighted by Crippen LogP contribution is 2.48. The van der Waals surface area contributed by atoms with Gasteiger partial charge in [0.25, 0.3) is 5.91 Å². The van der Waals surface area contributed by atoms with Gasteiger partial charge in [0, 0.05) is 37.2 Å². The molecule has 1 aromatic rings. The molecule has 0 atom stereocenters. The first-order valence-corrected chi connectivity index (χ1v) is 7.99. The molecule has 0 N–H and O–H groups in total. The minimum atomic E-state index is -4.68. The molecule has 0 radical (unpaired) electrons. The minimum Gasteiger partial charge on any atom is -0.337 e. The van der Waals surface area contributed by atoms with Crippen molar-refractivity contribution >= 4 is 11.7 Å². The van der Waals surface area contributed by atoms with E-state index in [-0.39, 0.29) is 11.2 Å². The van der Waals surface area contributed by atoms with Crippen molar-refractivity contribution in [2.75, 3.05) is 13.1 Å². The lowest BCUT2D eigenvalue weighted by Gasteiger charge is -2.53. The van der Waals surface area contributed by atoms with Gasteiger partial charge in [-0.05, 0) is 18.9 Å². The lowest BCUT2D eigenvalue weighted by Crippen LogP contribution is -2.60. The van der Waals surface area contributed by atoms with Crippen molar-refractivity contribution < 1.29 is 22.8 Å². The second-order valence-corrected chi connectivity index (χ2v) is 7.80. The zero-order chi connectivity index (χ0) is 18.8. The van der Waals surface area contributed by atoms with E-state index in [1.807, 2.05) is 19.9 Å². The molecule has 25 heavy (non-hydrogen) atoms. The molecule has 2 aliphatic rings. The number of carbonyl (C=O) groups excluding carboxylic acids is 2. The van der Waals surface area contributed by atoms with E-state index in [1.54, 1.807) is 6.92 Å². The summed E-state index contributed by atoms with van der Waals surface area (Å²) < 4.78 is 40.2. The van der Waals surface area contributed by atoms with Crippen molar-refractivity contribution in [3.63, 3.8) is 0 Å². The molecule has 3 rings (SSSR count). The number of alkyl halides is 3. The SMILES string of the molecule is CC1=CC2(CN(C(=O)c3cn(C)nc3C(F)(F)F)C2)CC(C)(C)C1=O. The Bertz CT molecular complexity index is 784. The number of ketones is 1. The highest BCUT2D eigenvalue weighted by Gasteiger charge is 2.52. The van der Waals surface area contributed by atoms with E-state index in [1.165, 1.54) is 11.9 Å². The molecule has 0 unspecified atom stereocenters. The molecule has 5 nitrogen and oxygen atoms in total. The highest BCUT2D eigenvalue weighted by atomic mass is 19.4. The van der Waals surface area contributed by atoms with Gasteiger partial charge in [-0.15, -0.1) is 0 Å². The average molecular weight is 355 g/mol. The fourth-order valence-electron chi connectivity index (χ4n) is 4.16. The predicted octanol–water partition coefficient (Wildman–Crippen LogP) is 2.83. The summed E-state index contributed by atoms with van der Waals surface area (Å²) in [7, 11) is 1.35. The van der Waals surface area contributed by atoms with E-state index in [4.69, 9.17) is 0 Å². The van der Waals surface area contributed by atoms with Gasteiger partial charge in [0.1, 0.15) is 0 Å². The monoisotopic (exact) mass is 355 g/mol. The third-order valence-electron chi connectivity index (χ3n) is 4.92. The number of aromatic nitrogens is 2. The zero-order valence-corrected chi connectivity index (χ0v) is 14.6. The van der Waals surface area contributed by atoms with E-state index >= 15 is 0 Å². The Balaban J connectivity index is 1.82. The van der Waals surface area contributed by atoms with Crippen LogP contribution in [0.15, 0.2) is 17.8 Å². The molecule has 1 fully saturated rings. The maximum atomic E-state index is 13.1. The van der Waals surface area contributed by atoms with Crippen molar-refractivity contribution in [1.29, 1.82) is 0 Å². The number of rotatable bonds is 1. The molecule has 0 aromatic carbocycles. The van der Waals surface area contributed by atoms with Crippen LogP contribution in [-0.2, 0) is 18.0 Å². The van der Waals surface area contributed by atoms with Gasteiger partial charge in [0.15, 0.2) is 11.5 Å². The van der Waals surface area contributed by atoms with Crippen LogP contribution >= 0.6 is 0 Å².